The van der Waals surface area contributed by atoms with E-state index < -0.39 is 5.60 Å². The summed E-state index contributed by atoms with van der Waals surface area (Å²) >= 11 is 2.57. The number of aliphatic hydroxyl groups is 1. The fourth-order valence-corrected chi connectivity index (χ4v) is 4.51. The van der Waals surface area contributed by atoms with Crippen LogP contribution in [0.5, 0.6) is 0 Å². The molecule has 2 aromatic rings. The van der Waals surface area contributed by atoms with Crippen LogP contribution in [0.4, 0.5) is 4.39 Å². The Morgan fingerprint density at radius 2 is 2.17 bits per heavy atom. The smallest absolute Gasteiger partial charge is 0.221 e. The average molecular weight is 456 g/mol. The van der Waals surface area contributed by atoms with E-state index >= 15 is 0 Å². The Hall–Kier alpha value is -1.52. The van der Waals surface area contributed by atoms with Crippen LogP contribution in [0.15, 0.2) is 22.5 Å². The van der Waals surface area contributed by atoms with Crippen molar-refractivity contribution in [1.29, 1.82) is 0 Å². The molecule has 0 spiro atoms. The molecular formula is C21H30FN3O3S2. The van der Waals surface area contributed by atoms with Gasteiger partial charge in [-0.3, -0.25) is 9.93 Å². The first-order valence-corrected chi connectivity index (χ1v) is 11.5. The number of carbonyl (C=O) groups excluding carboxylic acids is 1. The summed E-state index contributed by atoms with van der Waals surface area (Å²) in [5.41, 5.74) is 7.14. The molecule has 1 unspecified atom stereocenters. The number of aromatic nitrogens is 1. The number of carbonyl (C=O) groups is 1. The van der Waals surface area contributed by atoms with E-state index in [1.807, 2.05) is 13.8 Å². The number of thiazole rings is 1. The van der Waals surface area contributed by atoms with Gasteiger partial charge >= 0.3 is 0 Å². The van der Waals surface area contributed by atoms with Crippen molar-refractivity contribution in [3.8, 4) is 0 Å². The van der Waals surface area contributed by atoms with Gasteiger partial charge in [0.2, 0.25) is 5.91 Å². The summed E-state index contributed by atoms with van der Waals surface area (Å²) in [7, 11) is 0. The van der Waals surface area contributed by atoms with Gasteiger partial charge in [-0.05, 0) is 67.0 Å². The molecule has 0 bridgehead atoms. The summed E-state index contributed by atoms with van der Waals surface area (Å²) in [5.74, 6) is -0.304. The molecule has 1 fully saturated rings. The normalized spacial score (nSPS) is 16.5. The molecule has 0 radical (unpaired) electrons. The first kappa shape index (κ1) is 24.7. The van der Waals surface area contributed by atoms with Crippen molar-refractivity contribution in [3.05, 3.63) is 45.8 Å². The number of primary amides is 1. The Balaban J connectivity index is 0.000000248. The van der Waals surface area contributed by atoms with Gasteiger partial charge in [0.25, 0.3) is 0 Å². The highest BCUT2D eigenvalue weighted by molar-refractivity contribution is 7.99. The van der Waals surface area contributed by atoms with E-state index in [4.69, 9.17) is 15.6 Å². The highest BCUT2D eigenvalue weighted by atomic mass is 32.2. The summed E-state index contributed by atoms with van der Waals surface area (Å²) in [5, 5.41) is 15.5. The van der Waals surface area contributed by atoms with Crippen LogP contribution in [0.1, 0.15) is 67.6 Å². The van der Waals surface area contributed by atoms with Crippen molar-refractivity contribution >= 4 is 29.2 Å². The second-order valence-electron chi connectivity index (χ2n) is 8.08. The average Bonchev–Trinajstić information content (AvgIpc) is 3.34. The van der Waals surface area contributed by atoms with Crippen LogP contribution in [0.2, 0.25) is 0 Å². The van der Waals surface area contributed by atoms with E-state index in [1.54, 1.807) is 20.0 Å². The summed E-state index contributed by atoms with van der Waals surface area (Å²) in [6.45, 7) is 8.68. The molecule has 1 aromatic carbocycles. The van der Waals surface area contributed by atoms with Crippen LogP contribution in [-0.2, 0) is 21.6 Å². The Morgan fingerprint density at radius 1 is 1.47 bits per heavy atom. The lowest BCUT2D eigenvalue weighted by molar-refractivity contribution is -0.117. The number of ether oxygens (including phenoxy) is 1. The van der Waals surface area contributed by atoms with Gasteiger partial charge in [-0.15, -0.1) is 11.3 Å². The Labute approximate surface area is 185 Å². The van der Waals surface area contributed by atoms with E-state index in [1.165, 1.54) is 23.5 Å². The minimum atomic E-state index is -0.849. The van der Waals surface area contributed by atoms with Crippen molar-refractivity contribution in [2.24, 2.45) is 10.9 Å². The number of nitrogens with two attached hydrogens (primary N) is 2. The van der Waals surface area contributed by atoms with Crippen LogP contribution in [0.3, 0.4) is 0 Å². The predicted octanol–water partition coefficient (Wildman–Crippen LogP) is 3.82. The van der Waals surface area contributed by atoms with Gasteiger partial charge in [-0.25, -0.2) is 9.37 Å². The zero-order chi connectivity index (χ0) is 22.5. The Morgan fingerprint density at radius 3 is 2.60 bits per heavy atom. The lowest BCUT2D eigenvalue weighted by atomic mass is 9.85. The van der Waals surface area contributed by atoms with Gasteiger partial charge < -0.3 is 15.6 Å². The van der Waals surface area contributed by atoms with Gasteiger partial charge in [0, 0.05) is 12.5 Å². The highest BCUT2D eigenvalue weighted by Crippen LogP contribution is 2.33. The van der Waals surface area contributed by atoms with Gasteiger partial charge in [0.1, 0.15) is 16.4 Å². The monoisotopic (exact) mass is 455 g/mol. The zero-order valence-corrected chi connectivity index (χ0v) is 19.4. The standard InChI is InChI=1S/C15H20FNO2.C6H10N2OS2/c1-9(2)12-5-11(16)6-13(10-3-4-19-8-10)14(12)7-15(17)18;1-6(2,9)5-8-3-4(10-5)11-7/h5-6,9-10H,3-4,7-8H2,1-2H3,(H2,17,18);3,9H,7H2,1-2H3. The first-order valence-electron chi connectivity index (χ1n) is 9.76. The molecule has 1 saturated heterocycles. The molecule has 5 N–H and O–H groups in total. The SMILES string of the molecule is CC(C)(O)c1ncc(SN)s1.CC(C)c1cc(F)cc(C2CCOC2)c1CC(N)=O. The third kappa shape index (κ3) is 6.75. The van der Waals surface area contributed by atoms with Crippen LogP contribution in [0.25, 0.3) is 0 Å². The van der Waals surface area contributed by atoms with Crippen molar-refractivity contribution in [3.63, 3.8) is 0 Å². The van der Waals surface area contributed by atoms with Gasteiger partial charge in [0.15, 0.2) is 0 Å². The van der Waals surface area contributed by atoms with Crippen molar-refractivity contribution < 1.29 is 19.0 Å². The summed E-state index contributed by atoms with van der Waals surface area (Å²) in [6.07, 6.45) is 2.70. The number of hydrogen-bond acceptors (Lipinski definition) is 7. The minimum absolute atomic E-state index is 0.158. The van der Waals surface area contributed by atoms with E-state index in [-0.39, 0.29) is 30.0 Å². The fraction of sp³-hybridized carbons (Fsp3) is 0.524. The molecule has 1 amide bonds. The second-order valence-corrected chi connectivity index (χ2v) is 10.0. The summed E-state index contributed by atoms with van der Waals surface area (Å²) in [4.78, 5) is 15.3. The van der Waals surface area contributed by atoms with Gasteiger partial charge in [-0.2, -0.15) is 0 Å². The molecule has 166 valence electrons. The summed E-state index contributed by atoms with van der Waals surface area (Å²) in [6, 6.07) is 3.05. The Bertz CT molecular complexity index is 860. The summed E-state index contributed by atoms with van der Waals surface area (Å²) < 4.78 is 20.1. The van der Waals surface area contributed by atoms with Crippen LogP contribution >= 0.6 is 23.3 Å². The lowest BCUT2D eigenvalue weighted by Gasteiger charge is -2.20. The highest BCUT2D eigenvalue weighted by Gasteiger charge is 2.24. The molecule has 30 heavy (non-hydrogen) atoms. The molecule has 3 rings (SSSR count). The molecule has 1 aliphatic heterocycles. The number of benzene rings is 1. The van der Waals surface area contributed by atoms with E-state index in [0.29, 0.717) is 18.2 Å². The van der Waals surface area contributed by atoms with Crippen molar-refractivity contribution in [2.45, 2.75) is 62.2 Å². The number of rotatable bonds is 6. The van der Waals surface area contributed by atoms with E-state index in [2.05, 4.69) is 4.98 Å². The molecule has 2 heterocycles. The largest absolute Gasteiger partial charge is 0.383 e. The maximum Gasteiger partial charge on any atom is 0.221 e. The van der Waals surface area contributed by atoms with Gasteiger partial charge in [-0.1, -0.05) is 13.8 Å². The molecule has 1 atom stereocenters. The van der Waals surface area contributed by atoms with Crippen molar-refractivity contribution in [1.82, 2.24) is 4.98 Å². The third-order valence-electron chi connectivity index (χ3n) is 4.75. The number of halogens is 1. The minimum Gasteiger partial charge on any atom is -0.383 e. The third-order valence-corrected chi connectivity index (χ3v) is 6.73. The second kappa shape index (κ2) is 10.7. The first-order chi connectivity index (χ1) is 14.0. The number of amides is 1. The maximum atomic E-state index is 13.8. The lowest BCUT2D eigenvalue weighted by Crippen LogP contribution is -2.18. The zero-order valence-electron chi connectivity index (χ0n) is 17.8. The van der Waals surface area contributed by atoms with Crippen LogP contribution < -0.4 is 10.9 Å². The molecule has 1 aromatic heterocycles. The predicted molar refractivity (Wildman–Crippen MR) is 119 cm³/mol. The maximum absolute atomic E-state index is 13.8. The van der Waals surface area contributed by atoms with Crippen molar-refractivity contribution in [2.75, 3.05) is 13.2 Å². The number of hydrogen-bond donors (Lipinski definition) is 3. The number of nitrogens with zero attached hydrogens (tertiary/aromatic N) is 1. The molecule has 0 aliphatic carbocycles. The molecular weight excluding hydrogens is 425 g/mol. The topological polar surface area (TPSA) is 111 Å². The Kier molecular flexibility index (Phi) is 8.81. The quantitative estimate of drug-likeness (QED) is 0.571. The molecule has 6 nitrogen and oxygen atoms in total. The van der Waals surface area contributed by atoms with Gasteiger partial charge in [0.05, 0.1) is 23.4 Å². The van der Waals surface area contributed by atoms with Crippen LogP contribution in [-0.4, -0.2) is 29.2 Å². The molecule has 1 aliphatic rings. The molecule has 0 saturated carbocycles. The van der Waals surface area contributed by atoms with E-state index in [0.717, 1.165) is 39.3 Å². The fourth-order valence-electron chi connectivity index (χ4n) is 3.31. The molecule has 9 heteroatoms. The van der Waals surface area contributed by atoms with Crippen LogP contribution in [0, 0.1) is 5.82 Å². The van der Waals surface area contributed by atoms with E-state index in [9.17, 15) is 14.3 Å².